The van der Waals surface area contributed by atoms with Crippen LogP contribution in [0.5, 0.6) is 0 Å². The molecular weight excluding hydrogens is 358 g/mol. The molecule has 4 rings (SSSR count). The molecule has 3 heterocycles. The lowest BCUT2D eigenvalue weighted by atomic mass is 9.67. The molecule has 2 amide bonds. The second-order valence-electron chi connectivity index (χ2n) is 8.15. The van der Waals surface area contributed by atoms with Crippen molar-refractivity contribution >= 4 is 39.1 Å². The van der Waals surface area contributed by atoms with Crippen LogP contribution in [0.1, 0.15) is 42.3 Å². The minimum atomic E-state index is -0.236. The highest BCUT2D eigenvalue weighted by atomic mass is 32.1. The number of nitrogens with one attached hydrogen (secondary N) is 1. The van der Waals surface area contributed by atoms with Gasteiger partial charge in [-0.25, -0.2) is 0 Å². The fourth-order valence-corrected chi connectivity index (χ4v) is 5.47. The molecule has 5 nitrogen and oxygen atoms in total. The number of carbonyl (C=O) groups is 2. The molecule has 2 aromatic rings. The Labute approximate surface area is 163 Å². The Hall–Kier alpha value is -2.21. The number of hydrogen-bond donors (Lipinski definition) is 1. The number of piperidine rings is 2. The molecule has 0 spiro atoms. The zero-order chi connectivity index (χ0) is 19.2. The van der Waals surface area contributed by atoms with Crippen molar-refractivity contribution in [2.75, 3.05) is 20.1 Å². The van der Waals surface area contributed by atoms with Gasteiger partial charge in [-0.2, -0.15) is 0 Å². The van der Waals surface area contributed by atoms with Crippen LogP contribution in [0.3, 0.4) is 0 Å². The number of carbonyl (C=O) groups excluding carboxylic acids is 2. The van der Waals surface area contributed by atoms with E-state index in [0.717, 1.165) is 34.3 Å². The zero-order valence-corrected chi connectivity index (χ0v) is 16.6. The van der Waals surface area contributed by atoms with Gasteiger partial charge in [0.15, 0.2) is 0 Å². The predicted molar refractivity (Wildman–Crippen MR) is 108 cm³/mol. The average Bonchev–Trinajstić information content (AvgIpc) is 3.10. The van der Waals surface area contributed by atoms with Crippen LogP contribution in [0.4, 0.5) is 0 Å². The van der Waals surface area contributed by atoms with Crippen LogP contribution in [-0.4, -0.2) is 47.6 Å². The van der Waals surface area contributed by atoms with E-state index in [9.17, 15) is 9.59 Å². The second-order valence-corrected chi connectivity index (χ2v) is 9.23. The van der Waals surface area contributed by atoms with Gasteiger partial charge in [0.25, 0.3) is 5.91 Å². The normalized spacial score (nSPS) is 26.7. The molecular formula is C21H25N3O2S. The maximum atomic E-state index is 13.1. The van der Waals surface area contributed by atoms with Gasteiger partial charge < -0.3 is 9.80 Å². The molecule has 142 valence electrons. The molecule has 1 unspecified atom stereocenters. The molecule has 1 aromatic carbocycles. The highest BCUT2D eigenvalue weighted by Crippen LogP contribution is 2.43. The summed E-state index contributed by atoms with van der Waals surface area (Å²) in [5.41, 5.74) is -0.236. The van der Waals surface area contributed by atoms with Crippen molar-refractivity contribution in [1.29, 1.82) is 5.41 Å². The Morgan fingerprint density at radius 3 is 2.81 bits per heavy atom. The molecule has 2 aliphatic heterocycles. The van der Waals surface area contributed by atoms with Crippen molar-refractivity contribution in [1.82, 2.24) is 9.80 Å². The van der Waals surface area contributed by atoms with Crippen LogP contribution in [0.2, 0.25) is 0 Å². The highest BCUT2D eigenvalue weighted by molar-refractivity contribution is 7.20. The number of benzene rings is 1. The first-order valence-corrected chi connectivity index (χ1v) is 10.3. The summed E-state index contributed by atoms with van der Waals surface area (Å²) in [6, 6.07) is 10.1. The SMILES string of the molecule is CN1C(=N)C[C@](C)(C2CCCN(C(=O)c3cc4ccccc4s3)C2)CC1=O. The highest BCUT2D eigenvalue weighted by Gasteiger charge is 2.44. The van der Waals surface area contributed by atoms with Crippen molar-refractivity contribution in [2.45, 2.75) is 32.6 Å². The van der Waals surface area contributed by atoms with E-state index in [1.807, 2.05) is 35.2 Å². The monoisotopic (exact) mass is 383 g/mol. The Bertz CT molecular complexity index is 868. The van der Waals surface area contributed by atoms with E-state index in [4.69, 9.17) is 5.41 Å². The Morgan fingerprint density at radius 2 is 2.07 bits per heavy atom. The smallest absolute Gasteiger partial charge is 0.263 e. The van der Waals surface area contributed by atoms with Gasteiger partial charge in [-0.15, -0.1) is 11.3 Å². The van der Waals surface area contributed by atoms with E-state index in [1.165, 1.54) is 4.90 Å². The standard InChI is InChI=1S/C21H25N3O2S/c1-21(11-18(22)23(2)19(25)12-21)15-7-5-9-24(13-15)20(26)17-10-14-6-3-4-8-16(14)27-17/h3-4,6,8,10,15,22H,5,7,9,11-13H2,1-2H3/t15?,21-/m0/s1. The third-order valence-corrected chi connectivity index (χ3v) is 7.34. The van der Waals surface area contributed by atoms with Gasteiger partial charge in [0.05, 0.1) is 4.88 Å². The van der Waals surface area contributed by atoms with Gasteiger partial charge in [-0.05, 0) is 41.7 Å². The third-order valence-electron chi connectivity index (χ3n) is 6.24. The summed E-state index contributed by atoms with van der Waals surface area (Å²) >= 11 is 1.55. The summed E-state index contributed by atoms with van der Waals surface area (Å²) in [4.78, 5) is 29.6. The molecule has 0 saturated carbocycles. The lowest BCUT2D eigenvalue weighted by Gasteiger charge is -2.46. The molecule has 0 aliphatic carbocycles. The molecule has 2 fully saturated rings. The van der Waals surface area contributed by atoms with Crippen molar-refractivity contribution in [3.63, 3.8) is 0 Å². The van der Waals surface area contributed by atoms with Gasteiger partial charge in [0, 0.05) is 37.7 Å². The lowest BCUT2D eigenvalue weighted by Crippen LogP contribution is -2.51. The lowest BCUT2D eigenvalue weighted by molar-refractivity contribution is -0.131. The minimum absolute atomic E-state index is 0.0155. The van der Waals surface area contributed by atoms with Crippen molar-refractivity contribution in [2.24, 2.45) is 11.3 Å². The van der Waals surface area contributed by atoms with E-state index in [2.05, 4.69) is 6.92 Å². The fraction of sp³-hybridized carbons (Fsp3) is 0.476. The first-order chi connectivity index (χ1) is 12.9. The second kappa shape index (κ2) is 6.75. The maximum absolute atomic E-state index is 13.1. The number of likely N-dealkylation sites (tertiary alicyclic amines) is 2. The molecule has 6 heteroatoms. The van der Waals surface area contributed by atoms with Crippen LogP contribution >= 0.6 is 11.3 Å². The van der Waals surface area contributed by atoms with Crippen molar-refractivity contribution < 1.29 is 9.59 Å². The van der Waals surface area contributed by atoms with Crippen molar-refractivity contribution in [3.8, 4) is 0 Å². The van der Waals surface area contributed by atoms with Crippen molar-refractivity contribution in [3.05, 3.63) is 35.2 Å². The number of nitrogens with zero attached hydrogens (tertiary/aromatic N) is 2. The number of hydrogen-bond acceptors (Lipinski definition) is 4. The van der Waals surface area contributed by atoms with Crippen LogP contribution in [0.25, 0.3) is 10.1 Å². The van der Waals surface area contributed by atoms with E-state index in [1.54, 1.807) is 18.4 Å². The summed E-state index contributed by atoms with van der Waals surface area (Å²) in [7, 11) is 1.68. The number of thiophene rings is 1. The number of amides is 2. The molecule has 2 saturated heterocycles. The Kier molecular flexibility index (Phi) is 4.54. The van der Waals surface area contributed by atoms with Gasteiger partial charge in [0.2, 0.25) is 5.91 Å². The van der Waals surface area contributed by atoms with E-state index in [0.29, 0.717) is 25.2 Å². The molecule has 1 N–H and O–H groups in total. The molecule has 0 bridgehead atoms. The largest absolute Gasteiger partial charge is 0.338 e. The first-order valence-electron chi connectivity index (χ1n) is 9.49. The van der Waals surface area contributed by atoms with Gasteiger partial charge in [0.1, 0.15) is 5.84 Å². The summed E-state index contributed by atoms with van der Waals surface area (Å²) < 4.78 is 1.13. The van der Waals surface area contributed by atoms with Gasteiger partial charge in [-0.3, -0.25) is 15.0 Å². The van der Waals surface area contributed by atoms with Crippen LogP contribution in [0, 0.1) is 16.7 Å². The van der Waals surface area contributed by atoms with Gasteiger partial charge in [-0.1, -0.05) is 25.1 Å². The predicted octanol–water partition coefficient (Wildman–Crippen LogP) is 3.99. The number of rotatable bonds is 2. The molecule has 1 aromatic heterocycles. The summed E-state index contributed by atoms with van der Waals surface area (Å²) in [5.74, 6) is 0.754. The number of amidine groups is 1. The van der Waals surface area contributed by atoms with Crippen LogP contribution in [0.15, 0.2) is 30.3 Å². The molecule has 0 radical (unpaired) electrons. The Balaban J connectivity index is 1.53. The Morgan fingerprint density at radius 1 is 1.30 bits per heavy atom. The molecule has 2 aliphatic rings. The average molecular weight is 384 g/mol. The van der Waals surface area contributed by atoms with E-state index >= 15 is 0 Å². The summed E-state index contributed by atoms with van der Waals surface area (Å²) in [6.45, 7) is 3.56. The van der Waals surface area contributed by atoms with E-state index in [-0.39, 0.29) is 23.1 Å². The topological polar surface area (TPSA) is 64.5 Å². The molecule has 27 heavy (non-hydrogen) atoms. The quantitative estimate of drug-likeness (QED) is 0.852. The third kappa shape index (κ3) is 3.27. The number of fused-ring (bicyclic) bond motifs is 1. The summed E-state index contributed by atoms with van der Waals surface area (Å²) in [5, 5.41) is 9.27. The summed E-state index contributed by atoms with van der Waals surface area (Å²) in [6.07, 6.45) is 3.03. The first kappa shape index (κ1) is 18.2. The zero-order valence-electron chi connectivity index (χ0n) is 15.8. The minimum Gasteiger partial charge on any atom is -0.338 e. The van der Waals surface area contributed by atoms with Gasteiger partial charge >= 0.3 is 0 Å². The molecule has 2 atom stereocenters. The van der Waals surface area contributed by atoms with E-state index < -0.39 is 0 Å². The maximum Gasteiger partial charge on any atom is 0.263 e. The van der Waals surface area contributed by atoms with Crippen LogP contribution in [-0.2, 0) is 4.79 Å². The fourth-order valence-electron chi connectivity index (χ4n) is 4.44. The van der Waals surface area contributed by atoms with Crippen LogP contribution < -0.4 is 0 Å².